The number of fused-ring (bicyclic) bond motifs is 1. The highest BCUT2D eigenvalue weighted by Gasteiger charge is 2.40. The number of hydrogen-bond donors (Lipinski definition) is 0. The number of carbonyl (C=O) groups excluding carboxylic acids is 1. The molecule has 0 spiro atoms. The summed E-state index contributed by atoms with van der Waals surface area (Å²) in [6, 6.07) is 0.576. The van der Waals surface area contributed by atoms with Gasteiger partial charge in [-0.05, 0) is 38.0 Å². The molecule has 3 rings (SSSR count). The Balaban J connectivity index is 1.39. The number of likely N-dealkylation sites (tertiary alicyclic amines) is 1. The molecule has 0 bridgehead atoms. The van der Waals surface area contributed by atoms with Crippen molar-refractivity contribution in [2.45, 2.75) is 50.4 Å². The monoisotopic (exact) mass is 340 g/mol. The van der Waals surface area contributed by atoms with Crippen LogP contribution in [0, 0.1) is 5.92 Å². The molecule has 0 aromatic carbocycles. The lowest BCUT2D eigenvalue weighted by atomic mass is 9.96. The summed E-state index contributed by atoms with van der Waals surface area (Å²) < 4.78 is 17.3. The number of rotatable bonds is 6. The van der Waals surface area contributed by atoms with Crippen molar-refractivity contribution in [3.05, 3.63) is 0 Å². The lowest BCUT2D eigenvalue weighted by molar-refractivity contribution is -0.138. The predicted octanol–water partition coefficient (Wildman–Crippen LogP) is 1.14. The zero-order valence-corrected chi connectivity index (χ0v) is 15.1. The van der Waals surface area contributed by atoms with Gasteiger partial charge in [-0.1, -0.05) is 0 Å². The largest absolute Gasteiger partial charge is 0.381 e. The molecule has 3 atom stereocenters. The van der Waals surface area contributed by atoms with Crippen molar-refractivity contribution in [3.63, 3.8) is 0 Å². The first kappa shape index (κ1) is 18.1. The van der Waals surface area contributed by atoms with E-state index < -0.39 is 0 Å². The van der Waals surface area contributed by atoms with Gasteiger partial charge in [-0.3, -0.25) is 9.69 Å². The summed E-state index contributed by atoms with van der Waals surface area (Å²) >= 11 is 0. The van der Waals surface area contributed by atoms with Crippen LogP contribution >= 0.6 is 0 Å². The fourth-order valence-electron chi connectivity index (χ4n) is 4.10. The topological polar surface area (TPSA) is 51.2 Å². The highest BCUT2D eigenvalue weighted by molar-refractivity contribution is 5.76. The fraction of sp³-hybridized carbons (Fsp3) is 0.944. The summed E-state index contributed by atoms with van der Waals surface area (Å²) in [5.41, 5.74) is 0. The average Bonchev–Trinajstić information content (AvgIpc) is 2.98. The minimum absolute atomic E-state index is 0.00666. The number of nitrogens with zero attached hydrogens (tertiary/aromatic N) is 2. The molecule has 0 aliphatic carbocycles. The number of amides is 1. The molecule has 3 aliphatic rings. The molecular weight excluding hydrogens is 308 g/mol. The van der Waals surface area contributed by atoms with Gasteiger partial charge in [0.25, 0.3) is 0 Å². The van der Waals surface area contributed by atoms with Crippen LogP contribution in [0.1, 0.15) is 32.1 Å². The molecule has 3 aliphatic heterocycles. The highest BCUT2D eigenvalue weighted by atomic mass is 16.5. The Hall–Kier alpha value is -0.690. The van der Waals surface area contributed by atoms with Crippen LogP contribution in [0.25, 0.3) is 0 Å². The maximum Gasteiger partial charge on any atom is 0.248 e. The van der Waals surface area contributed by atoms with E-state index in [9.17, 15) is 4.79 Å². The summed E-state index contributed by atoms with van der Waals surface area (Å²) in [5, 5.41) is 0. The van der Waals surface area contributed by atoms with Crippen molar-refractivity contribution in [1.82, 2.24) is 9.80 Å². The van der Waals surface area contributed by atoms with Gasteiger partial charge in [0.15, 0.2) is 0 Å². The van der Waals surface area contributed by atoms with Gasteiger partial charge in [-0.2, -0.15) is 0 Å². The van der Waals surface area contributed by atoms with Crippen LogP contribution in [-0.4, -0.2) is 87.6 Å². The molecule has 0 unspecified atom stereocenters. The van der Waals surface area contributed by atoms with Crippen LogP contribution in [0.2, 0.25) is 0 Å². The maximum atomic E-state index is 11.5. The Morgan fingerprint density at radius 3 is 2.71 bits per heavy atom. The third-order valence-corrected chi connectivity index (χ3v) is 5.61. The van der Waals surface area contributed by atoms with Crippen LogP contribution in [-0.2, 0) is 19.0 Å². The lowest BCUT2D eigenvalue weighted by Crippen LogP contribution is -2.45. The van der Waals surface area contributed by atoms with Gasteiger partial charge < -0.3 is 19.1 Å². The van der Waals surface area contributed by atoms with Crippen molar-refractivity contribution < 1.29 is 19.0 Å². The zero-order chi connectivity index (χ0) is 16.9. The van der Waals surface area contributed by atoms with Crippen molar-refractivity contribution in [3.8, 4) is 0 Å². The molecule has 24 heavy (non-hydrogen) atoms. The molecule has 0 aromatic heterocycles. The second-order valence-corrected chi connectivity index (χ2v) is 7.58. The summed E-state index contributed by atoms with van der Waals surface area (Å²) in [6.45, 7) is 4.88. The molecule has 3 saturated heterocycles. The second kappa shape index (κ2) is 8.61. The van der Waals surface area contributed by atoms with Crippen molar-refractivity contribution in [2.24, 2.45) is 5.92 Å². The van der Waals surface area contributed by atoms with E-state index in [0.717, 1.165) is 38.5 Å². The Morgan fingerprint density at radius 2 is 1.96 bits per heavy atom. The fourth-order valence-corrected chi connectivity index (χ4v) is 4.10. The number of carbonyl (C=O) groups is 1. The minimum atomic E-state index is 0.00666. The number of ether oxygens (including phenoxy) is 3. The summed E-state index contributed by atoms with van der Waals surface area (Å²) in [6.07, 6.45) is 6.23. The number of likely N-dealkylation sites (N-methyl/N-ethyl adjacent to an activating group) is 1. The van der Waals surface area contributed by atoms with Crippen molar-refractivity contribution in [1.29, 1.82) is 0 Å². The van der Waals surface area contributed by atoms with Crippen molar-refractivity contribution >= 4 is 5.91 Å². The van der Waals surface area contributed by atoms with Gasteiger partial charge in [0.05, 0.1) is 18.8 Å². The molecule has 0 radical (unpaired) electrons. The molecule has 6 heteroatoms. The Bertz CT molecular complexity index is 412. The van der Waals surface area contributed by atoms with Crippen LogP contribution in [0.15, 0.2) is 0 Å². The van der Waals surface area contributed by atoms with Gasteiger partial charge in [0.2, 0.25) is 5.91 Å². The van der Waals surface area contributed by atoms with E-state index >= 15 is 0 Å². The SMILES string of the molecule is CN(C)C(=O)COC[C@@H]1CC[C@H]2[C@H](CCN2CC2CCOCC2)O1. The number of hydrogen-bond acceptors (Lipinski definition) is 5. The van der Waals surface area contributed by atoms with Gasteiger partial charge in [-0.15, -0.1) is 0 Å². The van der Waals surface area contributed by atoms with Crippen molar-refractivity contribution in [2.75, 3.05) is 53.6 Å². The highest BCUT2D eigenvalue weighted by Crippen LogP contribution is 2.33. The third-order valence-electron chi connectivity index (χ3n) is 5.61. The maximum absolute atomic E-state index is 11.5. The van der Waals surface area contributed by atoms with Crippen LogP contribution in [0.4, 0.5) is 0 Å². The van der Waals surface area contributed by atoms with Crippen LogP contribution < -0.4 is 0 Å². The van der Waals surface area contributed by atoms with Gasteiger partial charge >= 0.3 is 0 Å². The van der Waals surface area contributed by atoms with E-state index in [1.807, 2.05) is 0 Å². The van der Waals surface area contributed by atoms with E-state index in [-0.39, 0.29) is 18.6 Å². The quantitative estimate of drug-likeness (QED) is 0.726. The smallest absolute Gasteiger partial charge is 0.248 e. The van der Waals surface area contributed by atoms with Crippen LogP contribution in [0.3, 0.4) is 0 Å². The molecule has 0 N–H and O–H groups in total. The van der Waals surface area contributed by atoms with Gasteiger partial charge in [-0.25, -0.2) is 0 Å². The van der Waals surface area contributed by atoms with Gasteiger partial charge in [0.1, 0.15) is 6.61 Å². The summed E-state index contributed by atoms with van der Waals surface area (Å²) in [5.74, 6) is 0.794. The van der Waals surface area contributed by atoms with Gasteiger partial charge in [0, 0.05) is 46.4 Å². The third kappa shape index (κ3) is 4.69. The van der Waals surface area contributed by atoms with E-state index in [0.29, 0.717) is 18.8 Å². The minimum Gasteiger partial charge on any atom is -0.381 e. The summed E-state index contributed by atoms with van der Waals surface area (Å²) in [4.78, 5) is 15.7. The lowest BCUT2D eigenvalue weighted by Gasteiger charge is -2.37. The standard InChI is InChI=1S/C18H32N2O4/c1-19(2)18(21)13-23-12-15-3-4-16-17(24-15)5-8-20(16)11-14-6-9-22-10-7-14/h14-17H,3-13H2,1-2H3/t15-,16-,17-/m0/s1. The van der Waals surface area contributed by atoms with E-state index in [2.05, 4.69) is 4.90 Å². The Kier molecular flexibility index (Phi) is 6.49. The molecule has 1 amide bonds. The second-order valence-electron chi connectivity index (χ2n) is 7.58. The molecule has 138 valence electrons. The normalized spacial score (nSPS) is 31.8. The molecule has 0 saturated carbocycles. The zero-order valence-electron chi connectivity index (χ0n) is 15.1. The Labute approximate surface area is 145 Å². The first-order valence-electron chi connectivity index (χ1n) is 9.38. The Morgan fingerprint density at radius 1 is 1.17 bits per heavy atom. The molecule has 3 heterocycles. The van der Waals surface area contributed by atoms with Crippen LogP contribution in [0.5, 0.6) is 0 Å². The van der Waals surface area contributed by atoms with E-state index in [1.54, 1.807) is 19.0 Å². The van der Waals surface area contributed by atoms with E-state index in [1.165, 1.54) is 25.8 Å². The molecule has 0 aromatic rings. The first-order valence-corrected chi connectivity index (χ1v) is 9.38. The average molecular weight is 340 g/mol. The first-order chi connectivity index (χ1) is 11.6. The summed E-state index contributed by atoms with van der Waals surface area (Å²) in [7, 11) is 3.50. The van der Waals surface area contributed by atoms with E-state index in [4.69, 9.17) is 14.2 Å². The molecular formula is C18H32N2O4. The predicted molar refractivity (Wildman–Crippen MR) is 90.9 cm³/mol. The molecule has 3 fully saturated rings. The molecule has 6 nitrogen and oxygen atoms in total.